The van der Waals surface area contributed by atoms with E-state index in [-0.39, 0.29) is 17.2 Å². The second kappa shape index (κ2) is 5.55. The minimum Gasteiger partial charge on any atom is -0.487 e. The normalized spacial score (nSPS) is 13.6. The number of hydrogen-bond acceptors (Lipinski definition) is 4. The second-order valence-electron chi connectivity index (χ2n) is 5.80. The van der Waals surface area contributed by atoms with E-state index in [2.05, 4.69) is 26.1 Å². The highest BCUT2D eigenvalue weighted by Gasteiger charge is 2.27. The number of hydrogen-bond donors (Lipinski definition) is 1. The highest BCUT2D eigenvalue weighted by molar-refractivity contribution is 5.62. The van der Waals surface area contributed by atoms with Crippen molar-refractivity contribution in [2.24, 2.45) is 5.41 Å². The number of ether oxygens (including phenoxy) is 1. The summed E-state index contributed by atoms with van der Waals surface area (Å²) in [5, 5.41) is 3.10. The first-order valence-corrected chi connectivity index (χ1v) is 6.51. The largest absolute Gasteiger partial charge is 0.487 e. The lowest BCUT2D eigenvalue weighted by atomic mass is 9.88. The topological polar surface area (TPSA) is 55.4 Å². The van der Waals surface area contributed by atoms with Crippen LogP contribution in [0.25, 0.3) is 0 Å². The molecule has 0 spiro atoms. The maximum Gasteiger partial charge on any atom is 0.272 e. The van der Waals surface area contributed by atoms with Crippen molar-refractivity contribution < 1.29 is 4.74 Å². The Kier molecular flexibility index (Phi) is 4.54. The second-order valence-corrected chi connectivity index (χ2v) is 5.80. The molecule has 18 heavy (non-hydrogen) atoms. The molecule has 1 rings (SSSR count). The quantitative estimate of drug-likeness (QED) is 0.624. The predicted molar refractivity (Wildman–Crippen MR) is 74.3 cm³/mol. The summed E-state index contributed by atoms with van der Waals surface area (Å²) in [5.41, 5.74) is -0.605. The van der Waals surface area contributed by atoms with E-state index in [4.69, 9.17) is 4.74 Å². The predicted octanol–water partition coefficient (Wildman–Crippen LogP) is 2.31. The maximum absolute atomic E-state index is 11.5. The molecule has 0 bridgehead atoms. The van der Waals surface area contributed by atoms with Gasteiger partial charge in [-0.2, -0.15) is 0 Å². The van der Waals surface area contributed by atoms with Crippen LogP contribution in [-0.4, -0.2) is 12.6 Å². The molecule has 0 radical (unpaired) electrons. The fourth-order valence-corrected chi connectivity index (χ4v) is 1.39. The monoisotopic (exact) mass is 253 g/mol. The Morgan fingerprint density at radius 1 is 1.22 bits per heavy atom. The van der Waals surface area contributed by atoms with E-state index < -0.39 is 10.9 Å². The van der Waals surface area contributed by atoms with Gasteiger partial charge in [0.05, 0.1) is 6.61 Å². The van der Waals surface area contributed by atoms with E-state index in [0.29, 0.717) is 12.3 Å². The Balaban J connectivity index is 2.75. The summed E-state index contributed by atoms with van der Waals surface area (Å²) in [6, 6.07) is 0.0920. The lowest BCUT2D eigenvalue weighted by Crippen LogP contribution is -2.41. The van der Waals surface area contributed by atoms with Gasteiger partial charge in [0, 0.05) is 6.04 Å². The molecule has 4 heteroatoms. The van der Waals surface area contributed by atoms with Gasteiger partial charge in [0.15, 0.2) is 5.75 Å². The Bertz CT molecular complexity index is 464. The van der Waals surface area contributed by atoms with Crippen molar-refractivity contribution in [3.63, 3.8) is 0 Å². The molecule has 0 aliphatic rings. The van der Waals surface area contributed by atoms with Gasteiger partial charge in [-0.1, -0.05) is 34.1 Å². The molecular weight excluding hydrogens is 230 g/mol. The third-order valence-corrected chi connectivity index (χ3v) is 3.27. The molecule has 102 valence electrons. The molecule has 0 aromatic heterocycles. The third-order valence-electron chi connectivity index (χ3n) is 3.27. The van der Waals surface area contributed by atoms with Crippen LogP contribution in [0.2, 0.25) is 0 Å². The molecule has 1 atom stereocenters. The van der Waals surface area contributed by atoms with Crippen LogP contribution >= 0.6 is 0 Å². The molecule has 0 aliphatic heterocycles. The van der Waals surface area contributed by atoms with Crippen LogP contribution in [0.15, 0.2) is 9.59 Å². The zero-order chi connectivity index (χ0) is 13.9. The highest BCUT2D eigenvalue weighted by atomic mass is 16.5. The molecule has 0 saturated heterocycles. The average Bonchev–Trinajstić information content (AvgIpc) is 2.30. The lowest BCUT2D eigenvalue weighted by molar-refractivity contribution is 0.302. The zero-order valence-corrected chi connectivity index (χ0v) is 11.9. The standard InChI is InChI=1S/C14H23NO3/c1-6-7-8-18-13-10(11(16)12(13)17)15-9(2)14(3,4)5/h9,15H,6-8H2,1-5H3/t9-/m1/s1. The number of nitrogens with one attached hydrogen (secondary N) is 1. The molecule has 1 aromatic rings. The van der Waals surface area contributed by atoms with Crippen LogP contribution in [-0.2, 0) is 0 Å². The van der Waals surface area contributed by atoms with Crippen molar-refractivity contribution in [2.45, 2.75) is 53.5 Å². The van der Waals surface area contributed by atoms with Crippen molar-refractivity contribution in [1.82, 2.24) is 0 Å². The molecule has 0 aliphatic carbocycles. The molecule has 0 fully saturated rings. The Labute approximate surface area is 108 Å². The number of anilines is 1. The van der Waals surface area contributed by atoms with Crippen molar-refractivity contribution in [3.8, 4) is 5.75 Å². The van der Waals surface area contributed by atoms with Crippen LogP contribution < -0.4 is 20.9 Å². The maximum atomic E-state index is 11.5. The first kappa shape index (κ1) is 14.7. The summed E-state index contributed by atoms with van der Waals surface area (Å²) in [4.78, 5) is 22.9. The van der Waals surface area contributed by atoms with Crippen molar-refractivity contribution in [1.29, 1.82) is 0 Å². The Hall–Kier alpha value is -1.32. The van der Waals surface area contributed by atoms with Gasteiger partial charge in [-0.25, -0.2) is 0 Å². The summed E-state index contributed by atoms with van der Waals surface area (Å²) in [7, 11) is 0. The van der Waals surface area contributed by atoms with E-state index >= 15 is 0 Å². The summed E-state index contributed by atoms with van der Waals surface area (Å²) < 4.78 is 5.37. The molecule has 1 N–H and O–H groups in total. The van der Waals surface area contributed by atoms with Crippen molar-refractivity contribution >= 4 is 5.69 Å². The average molecular weight is 253 g/mol. The smallest absolute Gasteiger partial charge is 0.272 e. The van der Waals surface area contributed by atoms with Gasteiger partial charge < -0.3 is 10.1 Å². The van der Waals surface area contributed by atoms with Gasteiger partial charge in [0.1, 0.15) is 5.69 Å². The molecule has 0 heterocycles. The fourth-order valence-electron chi connectivity index (χ4n) is 1.39. The van der Waals surface area contributed by atoms with Crippen LogP contribution in [0.4, 0.5) is 5.69 Å². The fraction of sp³-hybridized carbons (Fsp3) is 0.714. The summed E-state index contributed by atoms with van der Waals surface area (Å²) >= 11 is 0. The van der Waals surface area contributed by atoms with Crippen LogP contribution in [0.5, 0.6) is 5.75 Å². The van der Waals surface area contributed by atoms with Gasteiger partial charge in [-0.15, -0.1) is 0 Å². The summed E-state index contributed by atoms with van der Waals surface area (Å²) in [6.45, 7) is 10.8. The third kappa shape index (κ3) is 3.12. The minimum atomic E-state index is -0.505. The minimum absolute atomic E-state index is 0.0143. The van der Waals surface area contributed by atoms with Gasteiger partial charge >= 0.3 is 0 Å². The Morgan fingerprint density at radius 2 is 1.83 bits per heavy atom. The van der Waals surface area contributed by atoms with E-state index in [0.717, 1.165) is 12.8 Å². The highest BCUT2D eigenvalue weighted by Crippen LogP contribution is 2.25. The SMILES string of the molecule is CCCCOc1c(N[C@H](C)C(C)(C)C)c(=O)c1=O. The van der Waals surface area contributed by atoms with Crippen LogP contribution in [0.3, 0.4) is 0 Å². The Morgan fingerprint density at radius 3 is 2.33 bits per heavy atom. The van der Waals surface area contributed by atoms with E-state index in [1.54, 1.807) is 0 Å². The van der Waals surface area contributed by atoms with E-state index in [9.17, 15) is 9.59 Å². The molecule has 0 unspecified atom stereocenters. The molecule has 4 nitrogen and oxygen atoms in total. The van der Waals surface area contributed by atoms with Crippen molar-refractivity contribution in [3.05, 3.63) is 20.4 Å². The number of unbranched alkanes of at least 4 members (excludes halogenated alkanes) is 1. The van der Waals surface area contributed by atoms with E-state index in [1.807, 2.05) is 13.8 Å². The van der Waals surface area contributed by atoms with Gasteiger partial charge in [-0.3, -0.25) is 9.59 Å². The summed E-state index contributed by atoms with van der Waals surface area (Å²) in [5.74, 6) is 0.213. The van der Waals surface area contributed by atoms with Crippen LogP contribution in [0, 0.1) is 5.41 Å². The van der Waals surface area contributed by atoms with Gasteiger partial charge in [-0.05, 0) is 18.8 Å². The first-order valence-electron chi connectivity index (χ1n) is 6.51. The van der Waals surface area contributed by atoms with Crippen LogP contribution in [0.1, 0.15) is 47.5 Å². The van der Waals surface area contributed by atoms with Crippen molar-refractivity contribution in [2.75, 3.05) is 11.9 Å². The molecule has 0 amide bonds. The first-order chi connectivity index (χ1) is 8.29. The van der Waals surface area contributed by atoms with E-state index in [1.165, 1.54) is 0 Å². The summed E-state index contributed by atoms with van der Waals surface area (Å²) in [6.07, 6.45) is 1.88. The lowest BCUT2D eigenvalue weighted by Gasteiger charge is -2.29. The molecular formula is C14H23NO3. The number of rotatable bonds is 6. The molecule has 1 aromatic carbocycles. The zero-order valence-electron chi connectivity index (χ0n) is 11.9. The van der Waals surface area contributed by atoms with Gasteiger partial charge in [0.25, 0.3) is 10.9 Å². The molecule has 0 saturated carbocycles. The van der Waals surface area contributed by atoms with Gasteiger partial charge in [0.2, 0.25) is 0 Å².